The molecule has 0 bridgehead atoms. The summed E-state index contributed by atoms with van der Waals surface area (Å²) in [5.74, 6) is 0.866. The van der Waals surface area contributed by atoms with Gasteiger partial charge in [0.05, 0.1) is 30.9 Å². The fourth-order valence-corrected chi connectivity index (χ4v) is 3.47. The van der Waals surface area contributed by atoms with Crippen molar-refractivity contribution in [3.8, 4) is 34.9 Å². The summed E-state index contributed by atoms with van der Waals surface area (Å²) in [4.78, 5) is 4.20. The first-order valence-electron chi connectivity index (χ1n) is 9.79. The summed E-state index contributed by atoms with van der Waals surface area (Å²) in [7, 11) is 0. The summed E-state index contributed by atoms with van der Waals surface area (Å²) in [6, 6.07) is 11.5. The highest BCUT2D eigenvalue weighted by atomic mass is 16.6. The van der Waals surface area contributed by atoms with E-state index in [0.29, 0.717) is 48.9 Å². The SMILES string of the molecule is N#Cc1cnc(OCC2(N)CCCOC2)c(C#N)c1-c1ccc(OC2COC2)cc1. The molecule has 0 saturated carbocycles. The van der Waals surface area contributed by atoms with E-state index in [1.54, 1.807) is 0 Å². The lowest BCUT2D eigenvalue weighted by molar-refractivity contribution is -0.0796. The van der Waals surface area contributed by atoms with E-state index >= 15 is 0 Å². The van der Waals surface area contributed by atoms with Crippen LogP contribution in [0.1, 0.15) is 24.0 Å². The van der Waals surface area contributed by atoms with E-state index in [4.69, 9.17) is 24.7 Å². The summed E-state index contributed by atoms with van der Waals surface area (Å²) in [5, 5.41) is 19.4. The molecule has 1 aromatic heterocycles. The number of rotatable bonds is 6. The maximum Gasteiger partial charge on any atom is 0.232 e. The predicted octanol–water partition coefficient (Wildman–Crippen LogP) is 2.16. The number of nitriles is 2. The molecule has 0 spiro atoms. The van der Waals surface area contributed by atoms with Crippen molar-refractivity contribution in [3.63, 3.8) is 0 Å². The number of hydrogen-bond donors (Lipinski definition) is 1. The molecule has 1 atom stereocenters. The molecule has 2 N–H and O–H groups in total. The standard InChI is InChI=1S/C22H22N4O4/c23-8-16-10-26-21(29-14-22(25)6-1-7-27-13-22)19(9-24)20(16)15-2-4-17(5-3-15)30-18-11-28-12-18/h2-5,10,18H,1,6-7,11-14,25H2. The monoisotopic (exact) mass is 406 g/mol. The molecule has 30 heavy (non-hydrogen) atoms. The van der Waals surface area contributed by atoms with Crippen molar-refractivity contribution >= 4 is 0 Å². The quantitative estimate of drug-likeness (QED) is 0.774. The van der Waals surface area contributed by atoms with Crippen LogP contribution >= 0.6 is 0 Å². The maximum atomic E-state index is 9.82. The van der Waals surface area contributed by atoms with Gasteiger partial charge in [0.25, 0.3) is 0 Å². The van der Waals surface area contributed by atoms with Crippen LogP contribution in [0, 0.1) is 22.7 Å². The van der Waals surface area contributed by atoms with Gasteiger partial charge in [-0.2, -0.15) is 10.5 Å². The minimum absolute atomic E-state index is 0.0634. The van der Waals surface area contributed by atoms with Crippen LogP contribution in [0.25, 0.3) is 11.1 Å². The highest BCUT2D eigenvalue weighted by Crippen LogP contribution is 2.33. The third kappa shape index (κ3) is 4.22. The number of ether oxygens (including phenoxy) is 4. The Morgan fingerprint density at radius 1 is 1.17 bits per heavy atom. The van der Waals surface area contributed by atoms with E-state index in [9.17, 15) is 10.5 Å². The lowest BCUT2D eigenvalue weighted by atomic mass is 9.94. The Labute approximate surface area is 174 Å². The molecule has 3 heterocycles. The summed E-state index contributed by atoms with van der Waals surface area (Å²) >= 11 is 0. The number of aromatic nitrogens is 1. The highest BCUT2D eigenvalue weighted by molar-refractivity contribution is 5.78. The second kappa shape index (κ2) is 8.68. The Balaban J connectivity index is 1.60. The zero-order valence-corrected chi connectivity index (χ0v) is 16.5. The van der Waals surface area contributed by atoms with E-state index < -0.39 is 5.54 Å². The molecule has 2 aliphatic rings. The third-order valence-corrected chi connectivity index (χ3v) is 5.18. The van der Waals surface area contributed by atoms with Crippen molar-refractivity contribution in [2.45, 2.75) is 24.5 Å². The summed E-state index contributed by atoms with van der Waals surface area (Å²) < 4.78 is 22.2. The van der Waals surface area contributed by atoms with Crippen molar-refractivity contribution in [2.24, 2.45) is 5.73 Å². The number of nitrogens with zero attached hydrogens (tertiary/aromatic N) is 3. The lowest BCUT2D eigenvalue weighted by Gasteiger charge is -2.32. The molecule has 1 aromatic carbocycles. The molecule has 0 aliphatic carbocycles. The molecule has 2 aromatic rings. The molecule has 1 unspecified atom stereocenters. The van der Waals surface area contributed by atoms with Gasteiger partial charge < -0.3 is 24.7 Å². The van der Waals surface area contributed by atoms with Gasteiger partial charge in [-0.15, -0.1) is 0 Å². The Bertz CT molecular complexity index is 984. The molecule has 8 nitrogen and oxygen atoms in total. The van der Waals surface area contributed by atoms with Gasteiger partial charge in [0.2, 0.25) is 5.88 Å². The molecule has 2 saturated heterocycles. The van der Waals surface area contributed by atoms with Gasteiger partial charge in [-0.05, 0) is 30.5 Å². The Kier molecular flexibility index (Phi) is 5.82. The molecule has 0 radical (unpaired) electrons. The van der Waals surface area contributed by atoms with Crippen LogP contribution in [-0.2, 0) is 9.47 Å². The van der Waals surface area contributed by atoms with Gasteiger partial charge in [0, 0.05) is 18.4 Å². The van der Waals surface area contributed by atoms with Crippen molar-refractivity contribution in [1.29, 1.82) is 10.5 Å². The van der Waals surface area contributed by atoms with Gasteiger partial charge >= 0.3 is 0 Å². The van der Waals surface area contributed by atoms with Crippen LogP contribution < -0.4 is 15.2 Å². The highest BCUT2D eigenvalue weighted by Gasteiger charge is 2.30. The first kappa shape index (κ1) is 20.1. The van der Waals surface area contributed by atoms with Crippen LogP contribution in [0.2, 0.25) is 0 Å². The largest absolute Gasteiger partial charge is 0.486 e. The first-order chi connectivity index (χ1) is 14.6. The minimum atomic E-state index is -0.620. The van der Waals surface area contributed by atoms with Crippen molar-refractivity contribution in [2.75, 3.05) is 33.0 Å². The molecule has 2 aliphatic heterocycles. The van der Waals surface area contributed by atoms with Crippen LogP contribution in [-0.4, -0.2) is 49.7 Å². The normalized spacial score (nSPS) is 21.2. The molecule has 2 fully saturated rings. The Morgan fingerprint density at radius 3 is 2.57 bits per heavy atom. The smallest absolute Gasteiger partial charge is 0.232 e. The second-order valence-electron chi connectivity index (χ2n) is 7.56. The second-order valence-corrected chi connectivity index (χ2v) is 7.56. The first-order valence-corrected chi connectivity index (χ1v) is 9.79. The number of pyridine rings is 1. The Morgan fingerprint density at radius 2 is 1.97 bits per heavy atom. The van der Waals surface area contributed by atoms with Gasteiger partial charge in [0.1, 0.15) is 36.2 Å². The fraction of sp³-hybridized carbons (Fsp3) is 0.409. The van der Waals surface area contributed by atoms with Crippen LogP contribution in [0.5, 0.6) is 11.6 Å². The van der Waals surface area contributed by atoms with Crippen molar-refractivity contribution < 1.29 is 18.9 Å². The van der Waals surface area contributed by atoms with Gasteiger partial charge in [-0.25, -0.2) is 4.98 Å². The fourth-order valence-electron chi connectivity index (χ4n) is 3.47. The van der Waals surface area contributed by atoms with E-state index in [0.717, 1.165) is 12.8 Å². The zero-order valence-electron chi connectivity index (χ0n) is 16.5. The number of hydrogen-bond acceptors (Lipinski definition) is 8. The summed E-state index contributed by atoms with van der Waals surface area (Å²) in [6.07, 6.45) is 3.11. The lowest BCUT2D eigenvalue weighted by Crippen LogP contribution is -2.52. The molecule has 154 valence electrons. The molecular formula is C22H22N4O4. The van der Waals surface area contributed by atoms with E-state index in [2.05, 4.69) is 17.1 Å². The van der Waals surface area contributed by atoms with Gasteiger partial charge in [-0.3, -0.25) is 0 Å². The van der Waals surface area contributed by atoms with Crippen molar-refractivity contribution in [1.82, 2.24) is 4.98 Å². The summed E-state index contributed by atoms with van der Waals surface area (Å²) in [5.41, 5.74) is 7.40. The van der Waals surface area contributed by atoms with Crippen LogP contribution in [0.3, 0.4) is 0 Å². The molecule has 0 amide bonds. The minimum Gasteiger partial charge on any atom is -0.486 e. The Hall–Kier alpha value is -3.17. The maximum absolute atomic E-state index is 9.82. The molecule has 8 heteroatoms. The van der Waals surface area contributed by atoms with Crippen molar-refractivity contribution in [3.05, 3.63) is 41.6 Å². The van der Waals surface area contributed by atoms with Gasteiger partial charge in [0.15, 0.2) is 0 Å². The topological polar surface area (TPSA) is 123 Å². The average Bonchev–Trinajstić information content (AvgIpc) is 2.75. The van der Waals surface area contributed by atoms with Crippen LogP contribution in [0.15, 0.2) is 30.5 Å². The summed E-state index contributed by atoms with van der Waals surface area (Å²) in [6.45, 7) is 2.42. The zero-order chi connectivity index (χ0) is 21.0. The number of nitrogens with two attached hydrogens (primary N) is 1. The van der Waals surface area contributed by atoms with E-state index in [-0.39, 0.29) is 24.2 Å². The molecular weight excluding hydrogens is 384 g/mol. The van der Waals surface area contributed by atoms with E-state index in [1.165, 1.54) is 6.20 Å². The predicted molar refractivity (Wildman–Crippen MR) is 107 cm³/mol. The number of benzene rings is 1. The van der Waals surface area contributed by atoms with E-state index in [1.807, 2.05) is 24.3 Å². The van der Waals surface area contributed by atoms with Crippen LogP contribution in [0.4, 0.5) is 0 Å². The molecule has 4 rings (SSSR count). The third-order valence-electron chi connectivity index (χ3n) is 5.18. The van der Waals surface area contributed by atoms with Gasteiger partial charge in [-0.1, -0.05) is 12.1 Å². The average molecular weight is 406 g/mol.